The molecule has 0 saturated heterocycles. The highest BCUT2D eigenvalue weighted by Gasteiger charge is 2.11. The molecule has 0 N–H and O–H groups in total. The maximum absolute atomic E-state index is 6.04. The molecule has 0 amide bonds. The quantitative estimate of drug-likeness (QED) is 0.454. The Morgan fingerprint density at radius 1 is 1.37 bits per heavy atom. The third-order valence-corrected chi connectivity index (χ3v) is 5.02. The molecule has 19 heavy (non-hydrogen) atoms. The summed E-state index contributed by atoms with van der Waals surface area (Å²) in [5.41, 5.74) is 4.85. The normalized spacial score (nSPS) is 11.3. The van der Waals surface area contributed by atoms with Crippen molar-refractivity contribution in [2.24, 2.45) is 0 Å². The van der Waals surface area contributed by atoms with Crippen molar-refractivity contribution in [1.29, 1.82) is 0 Å². The Labute approximate surface area is 134 Å². The Morgan fingerprint density at radius 2 is 2.21 bits per heavy atom. The lowest BCUT2D eigenvalue weighted by Crippen LogP contribution is -2.03. The van der Waals surface area contributed by atoms with E-state index in [1.807, 2.05) is 0 Å². The molecule has 0 radical (unpaired) electrons. The smallest absolute Gasteiger partial charge is 0.125 e. The number of thiophene rings is 1. The van der Waals surface area contributed by atoms with Crippen LogP contribution >= 0.6 is 45.5 Å². The second-order valence-electron chi connectivity index (χ2n) is 4.46. The number of aryl methyl sites for hydroxylation is 1. The molecule has 0 atom stereocenters. The SMILES string of the molecule is Cc1cscc1Cn1c(CCl)nc2cc(I)ccc21. The monoisotopic (exact) mass is 402 g/mol. The third-order valence-electron chi connectivity index (χ3n) is 3.20. The maximum atomic E-state index is 6.04. The average molecular weight is 403 g/mol. The van der Waals surface area contributed by atoms with Gasteiger partial charge in [-0.05, 0) is 69.6 Å². The van der Waals surface area contributed by atoms with Gasteiger partial charge in [-0.25, -0.2) is 4.98 Å². The summed E-state index contributed by atoms with van der Waals surface area (Å²) in [6.07, 6.45) is 0. The topological polar surface area (TPSA) is 17.8 Å². The van der Waals surface area contributed by atoms with Crippen LogP contribution in [0, 0.1) is 10.5 Å². The standard InChI is InChI=1S/C14H12ClIN2S/c1-9-7-19-8-10(9)6-18-13-3-2-11(16)4-12(13)17-14(18)5-15/h2-4,7-8H,5-6H2,1H3. The number of hydrogen-bond donors (Lipinski definition) is 0. The van der Waals surface area contributed by atoms with Crippen LogP contribution in [-0.4, -0.2) is 9.55 Å². The van der Waals surface area contributed by atoms with Gasteiger partial charge in [0, 0.05) is 3.57 Å². The molecule has 0 unspecified atom stereocenters. The van der Waals surface area contributed by atoms with E-state index >= 15 is 0 Å². The number of aromatic nitrogens is 2. The fraction of sp³-hybridized carbons (Fsp3) is 0.214. The van der Waals surface area contributed by atoms with Gasteiger partial charge in [0.2, 0.25) is 0 Å². The number of imidazole rings is 1. The summed E-state index contributed by atoms with van der Waals surface area (Å²) in [4.78, 5) is 4.63. The Hall–Kier alpha value is -0.590. The fourth-order valence-corrected chi connectivity index (χ4v) is 3.68. The molecule has 5 heteroatoms. The zero-order chi connectivity index (χ0) is 13.4. The molecule has 2 nitrogen and oxygen atoms in total. The molecule has 0 aliphatic heterocycles. The van der Waals surface area contributed by atoms with Gasteiger partial charge in [-0.1, -0.05) is 0 Å². The van der Waals surface area contributed by atoms with E-state index in [1.54, 1.807) is 11.3 Å². The van der Waals surface area contributed by atoms with E-state index in [9.17, 15) is 0 Å². The van der Waals surface area contributed by atoms with E-state index in [2.05, 4.69) is 68.0 Å². The number of alkyl halides is 1. The van der Waals surface area contributed by atoms with E-state index in [4.69, 9.17) is 11.6 Å². The summed E-state index contributed by atoms with van der Waals surface area (Å²) in [5.74, 6) is 1.37. The molecular weight excluding hydrogens is 391 g/mol. The number of halogens is 2. The number of fused-ring (bicyclic) bond motifs is 1. The summed E-state index contributed by atoms with van der Waals surface area (Å²) in [5, 5.41) is 4.38. The van der Waals surface area contributed by atoms with Crippen molar-refractivity contribution in [2.45, 2.75) is 19.3 Å². The number of benzene rings is 1. The van der Waals surface area contributed by atoms with Gasteiger partial charge in [-0.3, -0.25) is 0 Å². The zero-order valence-corrected chi connectivity index (χ0v) is 14.1. The summed E-state index contributed by atoms with van der Waals surface area (Å²) in [6.45, 7) is 2.99. The molecule has 0 aliphatic rings. The van der Waals surface area contributed by atoms with Gasteiger partial charge in [-0.2, -0.15) is 11.3 Å². The molecule has 2 heterocycles. The van der Waals surface area contributed by atoms with Crippen LogP contribution in [0.4, 0.5) is 0 Å². The summed E-state index contributed by atoms with van der Waals surface area (Å²) in [7, 11) is 0. The van der Waals surface area contributed by atoms with Crippen LogP contribution in [-0.2, 0) is 12.4 Å². The minimum Gasteiger partial charge on any atom is -0.322 e. The van der Waals surface area contributed by atoms with Crippen molar-refractivity contribution in [3.05, 3.63) is 49.5 Å². The molecule has 98 valence electrons. The van der Waals surface area contributed by atoms with E-state index in [-0.39, 0.29) is 0 Å². The highest BCUT2D eigenvalue weighted by Crippen LogP contribution is 2.23. The lowest BCUT2D eigenvalue weighted by atomic mass is 10.2. The van der Waals surface area contributed by atoms with Crippen molar-refractivity contribution >= 4 is 56.6 Å². The third kappa shape index (κ3) is 2.53. The van der Waals surface area contributed by atoms with Crippen molar-refractivity contribution in [2.75, 3.05) is 0 Å². The zero-order valence-electron chi connectivity index (χ0n) is 10.4. The Balaban J connectivity index is 2.13. The summed E-state index contributed by atoms with van der Waals surface area (Å²) >= 11 is 10.1. The lowest BCUT2D eigenvalue weighted by Gasteiger charge is -2.07. The molecule has 3 rings (SSSR count). The largest absolute Gasteiger partial charge is 0.322 e. The van der Waals surface area contributed by atoms with Gasteiger partial charge >= 0.3 is 0 Å². The Morgan fingerprint density at radius 3 is 2.89 bits per heavy atom. The van der Waals surface area contributed by atoms with Crippen molar-refractivity contribution < 1.29 is 0 Å². The Bertz CT molecular complexity index is 732. The second kappa shape index (κ2) is 5.42. The van der Waals surface area contributed by atoms with Crippen LogP contribution in [0.3, 0.4) is 0 Å². The van der Waals surface area contributed by atoms with Gasteiger partial charge < -0.3 is 4.57 Å². The van der Waals surface area contributed by atoms with Crippen LogP contribution < -0.4 is 0 Å². The van der Waals surface area contributed by atoms with Gasteiger partial charge in [0.15, 0.2) is 0 Å². The van der Waals surface area contributed by atoms with E-state index in [1.165, 1.54) is 14.7 Å². The molecule has 1 aromatic carbocycles. The first-order valence-electron chi connectivity index (χ1n) is 5.91. The fourth-order valence-electron chi connectivity index (χ4n) is 2.15. The van der Waals surface area contributed by atoms with Gasteiger partial charge in [0.05, 0.1) is 23.5 Å². The summed E-state index contributed by atoms with van der Waals surface area (Å²) < 4.78 is 3.41. The minimum absolute atomic E-state index is 0.439. The van der Waals surface area contributed by atoms with Crippen LogP contribution in [0.25, 0.3) is 11.0 Å². The second-order valence-corrected chi connectivity index (χ2v) is 6.72. The van der Waals surface area contributed by atoms with Gasteiger partial charge in [0.1, 0.15) is 5.82 Å². The van der Waals surface area contributed by atoms with Crippen molar-refractivity contribution in [3.8, 4) is 0 Å². The van der Waals surface area contributed by atoms with Crippen LogP contribution in [0.1, 0.15) is 17.0 Å². The van der Waals surface area contributed by atoms with Gasteiger partial charge in [0.25, 0.3) is 0 Å². The van der Waals surface area contributed by atoms with Gasteiger partial charge in [-0.15, -0.1) is 11.6 Å². The number of rotatable bonds is 3. The van der Waals surface area contributed by atoms with E-state index in [0.717, 1.165) is 23.4 Å². The minimum atomic E-state index is 0.439. The lowest BCUT2D eigenvalue weighted by molar-refractivity contribution is 0.777. The maximum Gasteiger partial charge on any atom is 0.125 e. The molecule has 0 aliphatic carbocycles. The first kappa shape index (κ1) is 13.4. The van der Waals surface area contributed by atoms with Crippen LogP contribution in [0.2, 0.25) is 0 Å². The molecule has 2 aromatic heterocycles. The number of nitrogens with zero attached hydrogens (tertiary/aromatic N) is 2. The van der Waals surface area contributed by atoms with Crippen LogP contribution in [0.5, 0.6) is 0 Å². The molecule has 0 bridgehead atoms. The summed E-state index contributed by atoms with van der Waals surface area (Å²) in [6, 6.07) is 6.34. The highest BCUT2D eigenvalue weighted by molar-refractivity contribution is 14.1. The Kier molecular flexibility index (Phi) is 3.82. The predicted octanol–water partition coefficient (Wildman–Crippen LogP) is 4.80. The number of hydrogen-bond acceptors (Lipinski definition) is 2. The van der Waals surface area contributed by atoms with Crippen LogP contribution in [0.15, 0.2) is 29.0 Å². The predicted molar refractivity (Wildman–Crippen MR) is 90.2 cm³/mol. The molecular formula is C14H12ClIN2S. The van der Waals surface area contributed by atoms with E-state index < -0.39 is 0 Å². The first-order chi connectivity index (χ1) is 9.19. The highest BCUT2D eigenvalue weighted by atomic mass is 127. The van der Waals surface area contributed by atoms with E-state index in [0.29, 0.717) is 5.88 Å². The first-order valence-corrected chi connectivity index (χ1v) is 8.47. The van der Waals surface area contributed by atoms with Crippen molar-refractivity contribution in [1.82, 2.24) is 9.55 Å². The molecule has 0 saturated carbocycles. The molecule has 0 spiro atoms. The average Bonchev–Trinajstić information content (AvgIpc) is 2.94. The molecule has 0 fully saturated rings. The van der Waals surface area contributed by atoms with Crippen molar-refractivity contribution in [3.63, 3.8) is 0 Å². The molecule has 3 aromatic rings.